The Kier molecular flexibility index (Phi) is 21.0. The van der Waals surface area contributed by atoms with Crippen LogP contribution in [0.25, 0.3) is 0 Å². The van der Waals surface area contributed by atoms with Crippen molar-refractivity contribution in [3.8, 4) is 0 Å². The van der Waals surface area contributed by atoms with Gasteiger partial charge < -0.3 is 0 Å². The Hall–Kier alpha value is 0.265. The molecule has 0 amide bonds. The van der Waals surface area contributed by atoms with Crippen molar-refractivity contribution in [3.05, 3.63) is 20.8 Å². The van der Waals surface area contributed by atoms with Crippen LogP contribution >= 0.6 is 0 Å². The van der Waals surface area contributed by atoms with Crippen molar-refractivity contribution in [3.63, 3.8) is 0 Å². The van der Waals surface area contributed by atoms with Gasteiger partial charge in [-0.05, 0) is 0 Å². The maximum absolute atomic E-state index is 5.97. The van der Waals surface area contributed by atoms with E-state index in [-0.39, 0.29) is 0 Å². The Bertz CT molecular complexity index is 608. The van der Waals surface area contributed by atoms with E-state index in [1.807, 2.05) is 3.96 Å². The quantitative estimate of drug-likeness (QED) is 0.0654. The molecule has 0 aromatic heterocycles. The Morgan fingerprint density at radius 2 is 0.921 bits per heavy atom. The second-order valence-corrected chi connectivity index (χ2v) is 24.5. The van der Waals surface area contributed by atoms with E-state index in [0.29, 0.717) is 0 Å². The second kappa shape index (κ2) is 21.9. The van der Waals surface area contributed by atoms with E-state index < -0.39 is 24.9 Å². The van der Waals surface area contributed by atoms with Crippen LogP contribution in [0.3, 0.4) is 0 Å². The third-order valence-corrected chi connectivity index (χ3v) is 24.1. The van der Waals surface area contributed by atoms with Crippen LogP contribution in [-0.2, 0) is 29.3 Å². The Labute approximate surface area is 243 Å². The van der Waals surface area contributed by atoms with Gasteiger partial charge >= 0.3 is 244 Å². The van der Waals surface area contributed by atoms with Gasteiger partial charge in [-0.15, -0.1) is 0 Å². The SMILES string of the molecule is CCCCCCC[CH2][Pt]([CH2]CCCCCCC)([CH2]CCCCCCC)[C]1=C(C)C([Si](OC)(OC)OC)=CC1. The van der Waals surface area contributed by atoms with Gasteiger partial charge in [-0.1, -0.05) is 0 Å². The van der Waals surface area contributed by atoms with Crippen LogP contribution in [0.5, 0.6) is 0 Å². The first-order valence-electron chi connectivity index (χ1n) is 16.1. The second-order valence-electron chi connectivity index (χ2n) is 11.1. The first kappa shape index (κ1) is 36.3. The van der Waals surface area contributed by atoms with Crippen molar-refractivity contribution < 1.29 is 29.3 Å². The summed E-state index contributed by atoms with van der Waals surface area (Å²) in [5.74, 6) is 0. The van der Waals surface area contributed by atoms with Crippen LogP contribution in [0, 0.1) is 0 Å². The molecule has 3 nitrogen and oxygen atoms in total. The van der Waals surface area contributed by atoms with Gasteiger partial charge in [-0.3, -0.25) is 0 Å². The fourth-order valence-corrected chi connectivity index (χ4v) is 21.5. The monoisotopic (exact) mass is 733 g/mol. The van der Waals surface area contributed by atoms with Crippen molar-refractivity contribution in [1.29, 1.82) is 0 Å². The molecule has 0 saturated carbocycles. The van der Waals surface area contributed by atoms with Crippen molar-refractivity contribution in [2.75, 3.05) is 21.3 Å². The molecule has 1 aliphatic rings. The summed E-state index contributed by atoms with van der Waals surface area (Å²) in [6.45, 7) is 9.36. The minimum atomic E-state index is -2.80. The molecule has 1 rings (SSSR count). The number of hydrogen-bond acceptors (Lipinski definition) is 3. The topological polar surface area (TPSA) is 27.7 Å². The predicted octanol–water partition coefficient (Wildman–Crippen LogP) is 11.5. The van der Waals surface area contributed by atoms with Crippen LogP contribution in [0.15, 0.2) is 20.8 Å². The first-order valence-corrected chi connectivity index (χ1v) is 23.8. The van der Waals surface area contributed by atoms with Gasteiger partial charge in [0.05, 0.1) is 0 Å². The summed E-state index contributed by atoms with van der Waals surface area (Å²) in [6.07, 6.45) is 28.9. The molecule has 0 unspecified atom stereocenters. The summed E-state index contributed by atoms with van der Waals surface area (Å²) in [5, 5.41) is 1.27. The average Bonchev–Trinajstić information content (AvgIpc) is 3.33. The number of unbranched alkanes of at least 4 members (excludes halogenated alkanes) is 15. The van der Waals surface area contributed by atoms with E-state index in [4.69, 9.17) is 13.3 Å². The molecule has 0 bridgehead atoms. The van der Waals surface area contributed by atoms with Crippen LogP contribution in [0.1, 0.15) is 150 Å². The van der Waals surface area contributed by atoms with Gasteiger partial charge in [0.25, 0.3) is 0 Å². The molecule has 0 radical (unpaired) electrons. The Morgan fingerprint density at radius 3 is 1.26 bits per heavy atom. The fourth-order valence-electron chi connectivity index (χ4n) is 5.70. The van der Waals surface area contributed by atoms with Gasteiger partial charge in [-0.2, -0.15) is 0 Å². The molecule has 0 spiro atoms. The molecular weight excluding hydrogens is 668 g/mol. The molecule has 0 atom stereocenters. The molecule has 230 valence electrons. The van der Waals surface area contributed by atoms with E-state index in [1.54, 1.807) is 21.3 Å². The van der Waals surface area contributed by atoms with Crippen molar-refractivity contribution in [2.24, 2.45) is 0 Å². The number of rotatable bonds is 26. The predicted molar refractivity (Wildman–Crippen MR) is 167 cm³/mol. The minimum absolute atomic E-state index is 1.13. The molecule has 0 fully saturated rings. The Balaban J connectivity index is 3.16. The standard InChI is InChI=1S/C9H15O3Si.3C8H17.Pt/c1-8-6-5-7-9(8)13(10-2,11-3)12-4;3*1-3-5-7-8-6-4-2;/h7H,5H2,1-4H3;3*1,3-8H2,2H3;. The van der Waals surface area contributed by atoms with E-state index in [2.05, 4.69) is 33.8 Å². The molecule has 0 aromatic carbocycles. The van der Waals surface area contributed by atoms with Crippen LogP contribution < -0.4 is 0 Å². The van der Waals surface area contributed by atoms with Gasteiger partial charge in [0.15, 0.2) is 0 Å². The summed E-state index contributed by atoms with van der Waals surface area (Å²) in [7, 11) is 2.50. The summed E-state index contributed by atoms with van der Waals surface area (Å²) >= 11 is -2.18. The molecule has 0 N–H and O–H groups in total. The van der Waals surface area contributed by atoms with Crippen LogP contribution in [-0.4, -0.2) is 30.1 Å². The molecule has 5 heteroatoms. The first-order chi connectivity index (χ1) is 18.5. The van der Waals surface area contributed by atoms with Gasteiger partial charge in [0.2, 0.25) is 0 Å². The summed E-state index contributed by atoms with van der Waals surface area (Å²) < 4.78 is 19.8. The molecule has 1 aliphatic carbocycles. The summed E-state index contributed by atoms with van der Waals surface area (Å²) in [4.78, 5) is 4.58. The van der Waals surface area contributed by atoms with Gasteiger partial charge in [0.1, 0.15) is 0 Å². The molecular formula is C33H66O3PtSi. The van der Waals surface area contributed by atoms with E-state index in [9.17, 15) is 0 Å². The van der Waals surface area contributed by atoms with Crippen molar-refractivity contribution in [2.45, 2.75) is 164 Å². The Morgan fingerprint density at radius 1 is 0.579 bits per heavy atom. The van der Waals surface area contributed by atoms with Crippen molar-refractivity contribution >= 4 is 8.80 Å². The zero-order valence-corrected chi connectivity index (χ0v) is 29.9. The normalized spacial score (nSPS) is 15.0. The van der Waals surface area contributed by atoms with E-state index in [1.165, 1.54) is 141 Å². The number of hydrogen-bond donors (Lipinski definition) is 0. The third kappa shape index (κ3) is 12.0. The average molecular weight is 734 g/mol. The molecule has 38 heavy (non-hydrogen) atoms. The zero-order chi connectivity index (χ0) is 28.1. The maximum atomic E-state index is 5.97. The molecule has 0 heterocycles. The van der Waals surface area contributed by atoms with E-state index in [0.717, 1.165) is 6.42 Å². The van der Waals surface area contributed by atoms with Gasteiger partial charge in [-0.25, -0.2) is 0 Å². The summed E-state index contributed by atoms with van der Waals surface area (Å²) in [6, 6.07) is 0. The van der Waals surface area contributed by atoms with Crippen LogP contribution in [0.4, 0.5) is 0 Å². The van der Waals surface area contributed by atoms with Gasteiger partial charge in [0, 0.05) is 0 Å². The molecule has 0 saturated heterocycles. The summed E-state index contributed by atoms with van der Waals surface area (Å²) in [5.41, 5.74) is 1.50. The van der Waals surface area contributed by atoms with Crippen LogP contribution in [0.2, 0.25) is 14.4 Å². The third-order valence-electron chi connectivity index (χ3n) is 8.11. The number of allylic oxidation sites excluding steroid dienone is 4. The van der Waals surface area contributed by atoms with E-state index >= 15 is 0 Å². The van der Waals surface area contributed by atoms with Crippen molar-refractivity contribution in [1.82, 2.24) is 0 Å². The molecule has 0 aromatic rings. The fraction of sp³-hybridized carbons (Fsp3) is 0.879. The molecule has 0 aliphatic heterocycles. The zero-order valence-electron chi connectivity index (χ0n) is 26.7.